The fraction of sp³-hybridized carbons (Fsp3) is 0.333. The second kappa shape index (κ2) is 8.10. The Morgan fingerprint density at radius 3 is 2.52 bits per heavy atom. The third kappa shape index (κ3) is 4.03. The number of fused-ring (bicyclic) bond motifs is 1. The van der Waals surface area contributed by atoms with E-state index >= 15 is 0 Å². The molecule has 1 saturated heterocycles. The van der Waals surface area contributed by atoms with Gasteiger partial charge in [-0.3, -0.25) is 25.1 Å². The van der Waals surface area contributed by atoms with Crippen molar-refractivity contribution >= 4 is 17.4 Å². The van der Waals surface area contributed by atoms with Crippen molar-refractivity contribution in [1.82, 2.24) is 10.9 Å². The van der Waals surface area contributed by atoms with Crippen LogP contribution in [-0.2, 0) is 4.79 Å². The number of anilines is 1. The summed E-state index contributed by atoms with van der Waals surface area (Å²) in [5.41, 5.74) is 7.66. The van der Waals surface area contributed by atoms with Crippen molar-refractivity contribution in [3.63, 3.8) is 0 Å². The maximum atomic E-state index is 12.8. The Kier molecular flexibility index (Phi) is 5.37. The fourth-order valence-electron chi connectivity index (χ4n) is 4.20. The molecule has 29 heavy (non-hydrogen) atoms. The second-order valence-corrected chi connectivity index (χ2v) is 7.55. The predicted octanol–water partition coefficient (Wildman–Crippen LogP) is 2.15. The maximum absolute atomic E-state index is 12.8. The molecule has 0 spiro atoms. The van der Waals surface area contributed by atoms with Crippen molar-refractivity contribution in [3.05, 3.63) is 75.8 Å². The van der Waals surface area contributed by atoms with E-state index in [0.29, 0.717) is 36.1 Å². The van der Waals surface area contributed by atoms with Gasteiger partial charge in [0, 0.05) is 46.5 Å². The first kappa shape index (κ1) is 19.2. The number of nitro groups is 1. The van der Waals surface area contributed by atoms with E-state index in [9.17, 15) is 19.7 Å². The summed E-state index contributed by atoms with van der Waals surface area (Å²) in [6, 6.07) is 14.6. The lowest BCUT2D eigenvalue weighted by atomic mass is 9.79. The van der Waals surface area contributed by atoms with Gasteiger partial charge in [0.1, 0.15) is 6.04 Å². The van der Waals surface area contributed by atoms with Crippen molar-refractivity contribution in [1.29, 1.82) is 0 Å². The van der Waals surface area contributed by atoms with E-state index in [1.54, 1.807) is 48.5 Å². The zero-order chi connectivity index (χ0) is 20.4. The number of ketones is 1. The quantitative estimate of drug-likeness (QED) is 0.407. The van der Waals surface area contributed by atoms with E-state index < -0.39 is 12.1 Å². The fourth-order valence-corrected chi connectivity index (χ4v) is 4.20. The number of carbonyl (C=O) groups is 2. The van der Waals surface area contributed by atoms with Gasteiger partial charge in [0.15, 0.2) is 5.78 Å². The lowest BCUT2D eigenvalue weighted by molar-refractivity contribution is -0.528. The van der Waals surface area contributed by atoms with Gasteiger partial charge >= 0.3 is 0 Å². The van der Waals surface area contributed by atoms with Crippen molar-refractivity contribution < 1.29 is 14.5 Å². The van der Waals surface area contributed by atoms with E-state index in [2.05, 4.69) is 16.2 Å². The first-order valence-corrected chi connectivity index (χ1v) is 9.68. The molecule has 4 rings (SSSR count). The van der Waals surface area contributed by atoms with Crippen molar-refractivity contribution in [2.24, 2.45) is 5.92 Å². The summed E-state index contributed by atoms with van der Waals surface area (Å²) in [7, 11) is 0. The van der Waals surface area contributed by atoms with Crippen LogP contribution in [0.2, 0.25) is 0 Å². The minimum absolute atomic E-state index is 0.0490. The highest BCUT2D eigenvalue weighted by Crippen LogP contribution is 2.32. The summed E-state index contributed by atoms with van der Waals surface area (Å²) in [5, 5.41) is 14.0. The lowest BCUT2D eigenvalue weighted by Gasteiger charge is -2.28. The first-order valence-electron chi connectivity index (χ1n) is 9.68. The number of nitrogens with zero attached hydrogens (tertiary/aromatic N) is 1. The van der Waals surface area contributed by atoms with Gasteiger partial charge in [-0.1, -0.05) is 42.5 Å². The molecule has 2 fully saturated rings. The molecule has 0 bridgehead atoms. The van der Waals surface area contributed by atoms with E-state index in [1.165, 1.54) is 0 Å². The summed E-state index contributed by atoms with van der Waals surface area (Å²) in [6.07, 6.45) is 1.54. The zero-order valence-electron chi connectivity index (χ0n) is 15.7. The number of hydrogen-bond acceptors (Lipinski definition) is 6. The van der Waals surface area contributed by atoms with Gasteiger partial charge in [-0.05, 0) is 18.6 Å². The maximum Gasteiger partial charge on any atom is 0.243 e. The van der Waals surface area contributed by atoms with E-state index in [1.807, 2.05) is 6.07 Å². The van der Waals surface area contributed by atoms with Crippen LogP contribution in [0.3, 0.4) is 0 Å². The van der Waals surface area contributed by atoms with Crippen LogP contribution in [0.1, 0.15) is 35.2 Å². The van der Waals surface area contributed by atoms with Gasteiger partial charge in [0.05, 0.1) is 0 Å². The van der Waals surface area contributed by atoms with E-state index in [4.69, 9.17) is 0 Å². The van der Waals surface area contributed by atoms with Gasteiger partial charge in [-0.15, -0.1) is 0 Å². The van der Waals surface area contributed by atoms with Crippen molar-refractivity contribution in [2.45, 2.75) is 37.4 Å². The molecule has 2 aliphatic rings. The smallest absolute Gasteiger partial charge is 0.243 e. The number of nitrogens with one attached hydrogen (secondary N) is 3. The third-order valence-electron chi connectivity index (χ3n) is 5.73. The minimum atomic E-state index is -0.611. The van der Waals surface area contributed by atoms with Crippen LogP contribution in [-0.4, -0.2) is 34.7 Å². The largest absolute Gasteiger partial charge is 0.325 e. The molecule has 4 unspecified atom stereocenters. The van der Waals surface area contributed by atoms with Gasteiger partial charge in [0.2, 0.25) is 11.9 Å². The average molecular weight is 394 g/mol. The number of amides is 1. The SMILES string of the molecule is O=C(c1ccccc1)c1cccc(NC(=O)C2NNC3CCC([N+](=O)[O-])CC32)c1. The molecular formula is C21H22N4O4. The number of carbonyl (C=O) groups excluding carboxylic acids is 2. The highest BCUT2D eigenvalue weighted by Gasteiger charge is 2.46. The lowest BCUT2D eigenvalue weighted by Crippen LogP contribution is -2.44. The average Bonchev–Trinajstić information content (AvgIpc) is 3.17. The molecule has 1 aliphatic carbocycles. The zero-order valence-corrected chi connectivity index (χ0v) is 15.7. The molecule has 0 aromatic heterocycles. The van der Waals surface area contributed by atoms with Crippen molar-refractivity contribution in [3.8, 4) is 0 Å². The monoisotopic (exact) mass is 394 g/mol. The summed E-state index contributed by atoms with van der Waals surface area (Å²) < 4.78 is 0. The molecule has 3 N–H and O–H groups in total. The molecule has 150 valence electrons. The highest BCUT2D eigenvalue weighted by atomic mass is 16.6. The Hall–Kier alpha value is -3.10. The summed E-state index contributed by atoms with van der Waals surface area (Å²) in [6.45, 7) is 0. The summed E-state index contributed by atoms with van der Waals surface area (Å²) in [4.78, 5) is 36.4. The molecule has 2 aromatic rings. The number of hydrogen-bond donors (Lipinski definition) is 3. The number of benzene rings is 2. The molecule has 1 amide bonds. The van der Waals surface area contributed by atoms with Gasteiger partial charge in [0.25, 0.3) is 0 Å². The third-order valence-corrected chi connectivity index (χ3v) is 5.73. The second-order valence-electron chi connectivity index (χ2n) is 7.55. The minimum Gasteiger partial charge on any atom is -0.325 e. The summed E-state index contributed by atoms with van der Waals surface area (Å²) >= 11 is 0. The molecular weight excluding hydrogens is 372 g/mol. The van der Waals surface area contributed by atoms with Crippen LogP contribution in [0.15, 0.2) is 54.6 Å². The van der Waals surface area contributed by atoms with Crippen LogP contribution in [0.5, 0.6) is 0 Å². The standard InChI is InChI=1S/C21H22N4O4/c26-20(13-5-2-1-3-6-13)14-7-4-8-15(11-14)22-21(27)19-17-12-16(25(28)29)9-10-18(17)23-24-19/h1-8,11,16-19,23-24H,9-10,12H2,(H,22,27). The van der Waals surface area contributed by atoms with Crippen LogP contribution in [0, 0.1) is 16.0 Å². The molecule has 8 heteroatoms. The molecule has 0 radical (unpaired) electrons. The normalized spacial score (nSPS) is 25.8. The van der Waals surface area contributed by atoms with Gasteiger partial charge in [-0.25, -0.2) is 5.43 Å². The Labute approximate surface area is 167 Å². The van der Waals surface area contributed by atoms with Crippen LogP contribution in [0.25, 0.3) is 0 Å². The van der Waals surface area contributed by atoms with Crippen LogP contribution in [0.4, 0.5) is 5.69 Å². The van der Waals surface area contributed by atoms with Gasteiger partial charge in [-0.2, -0.15) is 0 Å². The topological polar surface area (TPSA) is 113 Å². The van der Waals surface area contributed by atoms with Crippen LogP contribution < -0.4 is 16.2 Å². The Morgan fingerprint density at radius 2 is 1.76 bits per heavy atom. The Balaban J connectivity index is 1.46. The Bertz CT molecular complexity index is 933. The highest BCUT2D eigenvalue weighted by molar-refractivity contribution is 6.09. The predicted molar refractivity (Wildman–Crippen MR) is 107 cm³/mol. The number of rotatable bonds is 5. The molecule has 8 nitrogen and oxygen atoms in total. The molecule has 1 saturated carbocycles. The van der Waals surface area contributed by atoms with E-state index in [0.717, 1.165) is 0 Å². The molecule has 4 atom stereocenters. The molecule has 1 aliphatic heterocycles. The molecule has 1 heterocycles. The van der Waals surface area contributed by atoms with Crippen LogP contribution >= 0.6 is 0 Å². The molecule has 2 aromatic carbocycles. The van der Waals surface area contributed by atoms with E-state index in [-0.39, 0.29) is 28.6 Å². The van der Waals surface area contributed by atoms with Gasteiger partial charge < -0.3 is 5.32 Å². The first-order chi connectivity index (χ1) is 14.0. The Morgan fingerprint density at radius 1 is 1.00 bits per heavy atom. The van der Waals surface area contributed by atoms with Crippen molar-refractivity contribution in [2.75, 3.05) is 5.32 Å². The number of hydrazine groups is 1. The summed E-state index contributed by atoms with van der Waals surface area (Å²) in [5.74, 6) is -0.532.